The van der Waals surface area contributed by atoms with Crippen molar-refractivity contribution in [1.29, 1.82) is 0 Å². The number of para-hydroxylation sites is 1. The van der Waals surface area contributed by atoms with Gasteiger partial charge < -0.3 is 15.0 Å². The smallest absolute Gasteiger partial charge is 0.294 e. The summed E-state index contributed by atoms with van der Waals surface area (Å²) in [7, 11) is 0. The number of nitrogens with zero attached hydrogens (tertiary/aromatic N) is 4. The second-order valence-electron chi connectivity index (χ2n) is 8.41. The summed E-state index contributed by atoms with van der Waals surface area (Å²) in [5.74, 6) is -0.741. The number of thiazole rings is 1. The normalized spacial score (nSPS) is 13.9. The zero-order chi connectivity index (χ0) is 24.5. The molecule has 1 fully saturated rings. The molecule has 3 heterocycles. The van der Waals surface area contributed by atoms with Crippen LogP contribution >= 0.6 is 11.3 Å². The molecule has 1 aliphatic rings. The molecule has 0 unspecified atom stereocenters. The van der Waals surface area contributed by atoms with Gasteiger partial charge in [-0.1, -0.05) is 29.5 Å². The number of anilines is 2. The van der Waals surface area contributed by atoms with Crippen LogP contribution in [0.4, 0.5) is 15.2 Å². The zero-order valence-electron chi connectivity index (χ0n) is 19.4. The van der Waals surface area contributed by atoms with Gasteiger partial charge in [0.15, 0.2) is 10.6 Å². The van der Waals surface area contributed by atoms with Gasteiger partial charge in [0, 0.05) is 24.3 Å². The largest absolute Gasteiger partial charge is 0.378 e. The Labute approximate surface area is 205 Å². The van der Waals surface area contributed by atoms with E-state index in [1.165, 1.54) is 23.5 Å². The summed E-state index contributed by atoms with van der Waals surface area (Å²) in [5, 5.41) is 8.13. The number of aryl methyl sites for hydroxylation is 2. The zero-order valence-corrected chi connectivity index (χ0v) is 20.2. The lowest BCUT2D eigenvalue weighted by molar-refractivity contribution is -0.117. The van der Waals surface area contributed by atoms with Crippen molar-refractivity contribution in [3.05, 3.63) is 69.8 Å². The minimum absolute atomic E-state index is 0.241. The maximum Gasteiger partial charge on any atom is 0.294 e. The van der Waals surface area contributed by atoms with E-state index < -0.39 is 5.56 Å². The number of hydrogen-bond donors (Lipinski definition) is 1. The number of rotatable bonds is 5. The molecule has 0 aliphatic carbocycles. The molecule has 8 nitrogen and oxygen atoms in total. The van der Waals surface area contributed by atoms with Crippen LogP contribution in [0.2, 0.25) is 0 Å². The van der Waals surface area contributed by atoms with E-state index in [2.05, 4.69) is 20.3 Å². The number of carbonyl (C=O) groups is 1. The monoisotopic (exact) mass is 493 g/mol. The lowest BCUT2D eigenvalue weighted by atomic mass is 10.1. The Morgan fingerprint density at radius 2 is 1.80 bits per heavy atom. The van der Waals surface area contributed by atoms with E-state index in [0.29, 0.717) is 53.1 Å². The first-order valence-corrected chi connectivity index (χ1v) is 12.1. The van der Waals surface area contributed by atoms with Gasteiger partial charge >= 0.3 is 0 Å². The Kier molecular flexibility index (Phi) is 6.31. The van der Waals surface area contributed by atoms with E-state index in [-0.39, 0.29) is 23.8 Å². The number of carbonyl (C=O) groups excluding carboxylic acids is 1. The van der Waals surface area contributed by atoms with Gasteiger partial charge in [-0.3, -0.25) is 9.59 Å². The summed E-state index contributed by atoms with van der Waals surface area (Å²) in [6, 6.07) is 11.6. The second-order valence-corrected chi connectivity index (χ2v) is 9.38. The van der Waals surface area contributed by atoms with Gasteiger partial charge in [0.2, 0.25) is 5.91 Å². The van der Waals surface area contributed by atoms with Crippen LogP contribution < -0.4 is 15.8 Å². The summed E-state index contributed by atoms with van der Waals surface area (Å²) < 4.78 is 20.8. The van der Waals surface area contributed by atoms with E-state index in [4.69, 9.17) is 4.74 Å². The number of ether oxygens (including phenoxy) is 1. The predicted octanol–water partition coefficient (Wildman–Crippen LogP) is 3.75. The summed E-state index contributed by atoms with van der Waals surface area (Å²) >= 11 is 1.37. The van der Waals surface area contributed by atoms with Crippen molar-refractivity contribution in [3.63, 3.8) is 0 Å². The maximum absolute atomic E-state index is 13.6. The van der Waals surface area contributed by atoms with Crippen LogP contribution in [0.25, 0.3) is 21.5 Å². The summed E-state index contributed by atoms with van der Waals surface area (Å²) in [4.78, 5) is 33.0. The highest BCUT2D eigenvalue weighted by Crippen LogP contribution is 2.34. The minimum atomic E-state index is -0.446. The summed E-state index contributed by atoms with van der Waals surface area (Å²) in [5.41, 5.74) is 3.48. The second kappa shape index (κ2) is 9.55. The molecular formula is C25H24FN5O3S. The number of hydrogen-bond acceptors (Lipinski definition) is 7. The molecule has 0 bridgehead atoms. The number of aromatic nitrogens is 3. The number of nitrogens with one attached hydrogen (secondary N) is 1. The molecule has 35 heavy (non-hydrogen) atoms. The van der Waals surface area contributed by atoms with Gasteiger partial charge in [-0.25, -0.2) is 14.1 Å². The number of halogens is 1. The first-order chi connectivity index (χ1) is 16.9. The standard InChI is InChI=1S/C25H24FN5O3S/c1-15-4-3-5-16(2)20(15)27-19(32)14-31-24(33)22-23(21(29-31)17-6-8-18(26)9-7-17)35-25(28-22)30-10-12-34-13-11-30/h3-9H,10-14H2,1-2H3,(H,27,32). The van der Waals surface area contributed by atoms with Crippen molar-refractivity contribution < 1.29 is 13.9 Å². The SMILES string of the molecule is Cc1cccc(C)c1NC(=O)Cn1nc(-c2ccc(F)cc2)c2sc(N3CCOCC3)nc2c1=O. The predicted molar refractivity (Wildman–Crippen MR) is 135 cm³/mol. The Hall–Kier alpha value is -3.63. The summed E-state index contributed by atoms with van der Waals surface area (Å²) in [6.07, 6.45) is 0. The van der Waals surface area contributed by atoms with Gasteiger partial charge in [0.25, 0.3) is 5.56 Å². The van der Waals surface area contributed by atoms with Crippen molar-refractivity contribution in [1.82, 2.24) is 14.8 Å². The van der Waals surface area contributed by atoms with Gasteiger partial charge in [-0.2, -0.15) is 5.10 Å². The lowest BCUT2D eigenvalue weighted by Crippen LogP contribution is -2.36. The van der Waals surface area contributed by atoms with Gasteiger partial charge in [-0.05, 0) is 49.2 Å². The first kappa shape index (κ1) is 23.1. The molecule has 4 aromatic rings. The number of fused-ring (bicyclic) bond motifs is 1. The van der Waals surface area contributed by atoms with Crippen LogP contribution in [-0.4, -0.2) is 47.0 Å². The molecule has 1 aliphatic heterocycles. The Morgan fingerprint density at radius 1 is 1.11 bits per heavy atom. The van der Waals surface area contributed by atoms with Crippen molar-refractivity contribution in [3.8, 4) is 11.3 Å². The van der Waals surface area contributed by atoms with E-state index in [1.807, 2.05) is 32.0 Å². The van der Waals surface area contributed by atoms with Crippen LogP contribution in [0.5, 0.6) is 0 Å². The molecule has 1 saturated heterocycles. The molecule has 5 rings (SSSR count). The number of benzene rings is 2. The van der Waals surface area contributed by atoms with Crippen LogP contribution in [0.15, 0.2) is 47.3 Å². The molecule has 0 radical (unpaired) electrons. The fourth-order valence-corrected chi connectivity index (χ4v) is 5.18. The van der Waals surface area contributed by atoms with E-state index >= 15 is 0 Å². The Bertz CT molecular complexity index is 1440. The third kappa shape index (κ3) is 4.67. The molecule has 0 spiro atoms. The molecule has 1 N–H and O–H groups in total. The van der Waals surface area contributed by atoms with Crippen molar-refractivity contribution in [2.24, 2.45) is 0 Å². The molecule has 0 atom stereocenters. The first-order valence-electron chi connectivity index (χ1n) is 11.3. The molecule has 2 aromatic carbocycles. The minimum Gasteiger partial charge on any atom is -0.378 e. The fraction of sp³-hybridized carbons (Fsp3) is 0.280. The van der Waals surface area contributed by atoms with Gasteiger partial charge in [-0.15, -0.1) is 0 Å². The van der Waals surface area contributed by atoms with E-state index in [0.717, 1.165) is 15.8 Å². The third-order valence-electron chi connectivity index (χ3n) is 5.93. The highest BCUT2D eigenvalue weighted by atomic mass is 32.1. The van der Waals surface area contributed by atoms with Crippen LogP contribution in [0.1, 0.15) is 11.1 Å². The van der Waals surface area contributed by atoms with Crippen LogP contribution in [-0.2, 0) is 16.1 Å². The van der Waals surface area contributed by atoms with Crippen molar-refractivity contribution in [2.75, 3.05) is 36.5 Å². The lowest BCUT2D eigenvalue weighted by Gasteiger charge is -2.25. The van der Waals surface area contributed by atoms with E-state index in [1.54, 1.807) is 12.1 Å². The summed E-state index contributed by atoms with van der Waals surface area (Å²) in [6.45, 7) is 6.06. The Balaban J connectivity index is 1.56. The maximum atomic E-state index is 13.6. The quantitative estimate of drug-likeness (QED) is 0.456. The average Bonchev–Trinajstić information content (AvgIpc) is 3.31. The van der Waals surface area contributed by atoms with Crippen molar-refractivity contribution >= 4 is 38.3 Å². The van der Waals surface area contributed by atoms with Crippen LogP contribution in [0, 0.1) is 19.7 Å². The fourth-order valence-electron chi connectivity index (χ4n) is 4.07. The molecule has 180 valence electrons. The average molecular weight is 494 g/mol. The molecule has 1 amide bonds. The third-order valence-corrected chi connectivity index (χ3v) is 7.05. The van der Waals surface area contributed by atoms with E-state index in [9.17, 15) is 14.0 Å². The van der Waals surface area contributed by atoms with Crippen molar-refractivity contribution in [2.45, 2.75) is 20.4 Å². The van der Waals surface area contributed by atoms with Gasteiger partial charge in [0.1, 0.15) is 18.1 Å². The molecule has 10 heteroatoms. The van der Waals surface area contributed by atoms with Crippen LogP contribution in [0.3, 0.4) is 0 Å². The molecule has 2 aromatic heterocycles. The molecular weight excluding hydrogens is 469 g/mol. The molecule has 0 saturated carbocycles. The topological polar surface area (TPSA) is 89.3 Å². The Morgan fingerprint density at radius 3 is 2.49 bits per heavy atom. The number of amides is 1. The number of morpholine rings is 1. The highest BCUT2D eigenvalue weighted by molar-refractivity contribution is 7.22. The highest BCUT2D eigenvalue weighted by Gasteiger charge is 2.22. The van der Waals surface area contributed by atoms with Gasteiger partial charge in [0.05, 0.1) is 17.9 Å².